The molecule has 7 nitrogen and oxygen atoms in total. The average Bonchev–Trinajstić information content (AvgIpc) is 2.93. The number of aryl methyl sites for hydroxylation is 1. The predicted molar refractivity (Wildman–Crippen MR) is 143 cm³/mol. The number of hydrogen-bond donors (Lipinski definition) is 3. The van der Waals surface area contributed by atoms with Gasteiger partial charge in [0.15, 0.2) is 0 Å². The van der Waals surface area contributed by atoms with Crippen molar-refractivity contribution in [3.63, 3.8) is 0 Å². The van der Waals surface area contributed by atoms with Gasteiger partial charge in [-0.2, -0.15) is 0 Å². The molecule has 0 unspecified atom stereocenters. The van der Waals surface area contributed by atoms with Gasteiger partial charge in [-0.25, -0.2) is 0 Å². The number of amides is 3. The first-order chi connectivity index (χ1) is 18.0. The van der Waals surface area contributed by atoms with Crippen molar-refractivity contribution in [3.8, 4) is 5.75 Å². The minimum atomic E-state index is -0.481. The summed E-state index contributed by atoms with van der Waals surface area (Å²) < 4.78 is 5.74. The third-order valence-corrected chi connectivity index (χ3v) is 5.70. The van der Waals surface area contributed by atoms with Crippen LogP contribution in [0.4, 0.5) is 5.69 Å². The molecule has 3 N–H and O–H groups in total. The molecular weight excluding hydrogens is 466 g/mol. The number of hydrazine groups is 1. The molecule has 0 saturated heterocycles. The second-order valence-electron chi connectivity index (χ2n) is 8.36. The second-order valence-corrected chi connectivity index (χ2v) is 8.36. The molecule has 4 rings (SSSR count). The first-order valence-electron chi connectivity index (χ1n) is 11.8. The van der Waals surface area contributed by atoms with Crippen molar-refractivity contribution in [2.24, 2.45) is 0 Å². The third-order valence-electron chi connectivity index (χ3n) is 5.70. The van der Waals surface area contributed by atoms with Crippen LogP contribution in [-0.2, 0) is 6.42 Å². The molecular formula is C30H27N3O4. The maximum Gasteiger partial charge on any atom is 0.269 e. The van der Waals surface area contributed by atoms with E-state index in [4.69, 9.17) is 4.74 Å². The number of benzene rings is 4. The van der Waals surface area contributed by atoms with Crippen molar-refractivity contribution in [1.82, 2.24) is 10.9 Å². The van der Waals surface area contributed by atoms with Crippen LogP contribution in [-0.4, -0.2) is 24.3 Å². The number of anilines is 1. The van der Waals surface area contributed by atoms with E-state index in [1.807, 2.05) is 49.4 Å². The van der Waals surface area contributed by atoms with E-state index >= 15 is 0 Å². The molecule has 0 saturated carbocycles. The highest BCUT2D eigenvalue weighted by Gasteiger charge is 2.11. The predicted octanol–water partition coefficient (Wildman–Crippen LogP) is 4.94. The van der Waals surface area contributed by atoms with E-state index in [0.717, 1.165) is 12.0 Å². The summed E-state index contributed by atoms with van der Waals surface area (Å²) in [5.41, 5.74) is 8.72. The van der Waals surface area contributed by atoms with Crippen LogP contribution in [0.2, 0.25) is 0 Å². The molecule has 0 spiro atoms. The smallest absolute Gasteiger partial charge is 0.269 e. The van der Waals surface area contributed by atoms with Crippen molar-refractivity contribution < 1.29 is 19.1 Å². The average molecular weight is 494 g/mol. The lowest BCUT2D eigenvalue weighted by atomic mass is 10.1. The lowest BCUT2D eigenvalue weighted by molar-refractivity contribution is 0.0846. The van der Waals surface area contributed by atoms with Crippen LogP contribution in [0.1, 0.15) is 42.2 Å². The molecule has 4 aromatic rings. The summed E-state index contributed by atoms with van der Waals surface area (Å²) in [6, 6.07) is 30.4. The third kappa shape index (κ3) is 7.05. The standard InChI is InChI=1S/C30H27N3O4/c1-21-7-5-6-10-27(21)30(36)31-25-15-11-23(12-16-25)28(34)32-33-29(35)24-13-17-26(18-14-24)37-20-19-22-8-3-2-4-9-22/h2-18H,19-20H2,1H3,(H,31,36)(H,32,34)(H,33,35). The van der Waals surface area contributed by atoms with E-state index in [0.29, 0.717) is 34.7 Å². The van der Waals surface area contributed by atoms with Crippen molar-refractivity contribution >= 4 is 23.4 Å². The van der Waals surface area contributed by atoms with Gasteiger partial charge in [-0.05, 0) is 72.6 Å². The highest BCUT2D eigenvalue weighted by Crippen LogP contribution is 2.15. The Morgan fingerprint density at radius 3 is 1.84 bits per heavy atom. The fourth-order valence-corrected chi connectivity index (χ4v) is 3.62. The Balaban J connectivity index is 1.23. The number of nitrogens with one attached hydrogen (secondary N) is 3. The molecule has 186 valence electrons. The monoisotopic (exact) mass is 493 g/mol. The van der Waals surface area contributed by atoms with Gasteiger partial charge in [0.1, 0.15) is 5.75 Å². The summed E-state index contributed by atoms with van der Waals surface area (Å²) >= 11 is 0. The van der Waals surface area contributed by atoms with E-state index in [9.17, 15) is 14.4 Å². The van der Waals surface area contributed by atoms with Crippen LogP contribution >= 0.6 is 0 Å². The first-order valence-corrected chi connectivity index (χ1v) is 11.8. The zero-order valence-corrected chi connectivity index (χ0v) is 20.4. The molecule has 0 heterocycles. The lowest BCUT2D eigenvalue weighted by Gasteiger charge is -2.10. The normalized spacial score (nSPS) is 10.3. The van der Waals surface area contributed by atoms with Gasteiger partial charge in [0, 0.05) is 28.8 Å². The summed E-state index contributed by atoms with van der Waals surface area (Å²) in [6.45, 7) is 2.39. The Morgan fingerprint density at radius 1 is 0.649 bits per heavy atom. The van der Waals surface area contributed by atoms with Crippen molar-refractivity contribution in [2.45, 2.75) is 13.3 Å². The van der Waals surface area contributed by atoms with Gasteiger partial charge in [-0.15, -0.1) is 0 Å². The highest BCUT2D eigenvalue weighted by molar-refractivity contribution is 6.05. The molecule has 37 heavy (non-hydrogen) atoms. The fraction of sp³-hybridized carbons (Fsp3) is 0.100. The van der Waals surface area contributed by atoms with E-state index in [-0.39, 0.29) is 5.91 Å². The van der Waals surface area contributed by atoms with E-state index in [1.165, 1.54) is 5.56 Å². The molecule has 0 atom stereocenters. The minimum absolute atomic E-state index is 0.227. The van der Waals surface area contributed by atoms with Crippen LogP contribution < -0.4 is 20.9 Å². The quantitative estimate of drug-likeness (QED) is 0.303. The second kappa shape index (κ2) is 12.2. The van der Waals surface area contributed by atoms with E-state index < -0.39 is 11.8 Å². The van der Waals surface area contributed by atoms with Crippen LogP contribution in [0.15, 0.2) is 103 Å². The zero-order valence-electron chi connectivity index (χ0n) is 20.4. The Morgan fingerprint density at radius 2 is 1.22 bits per heavy atom. The Labute approximate surface area is 215 Å². The number of carbonyl (C=O) groups is 3. The molecule has 3 amide bonds. The van der Waals surface area contributed by atoms with Crippen molar-refractivity contribution in [1.29, 1.82) is 0 Å². The number of carbonyl (C=O) groups excluding carboxylic acids is 3. The van der Waals surface area contributed by atoms with Crippen molar-refractivity contribution in [3.05, 3.63) is 131 Å². The molecule has 0 aliphatic heterocycles. The summed E-state index contributed by atoms with van der Waals surface area (Å²) in [7, 11) is 0. The molecule has 0 aromatic heterocycles. The summed E-state index contributed by atoms with van der Waals surface area (Å²) in [6.07, 6.45) is 0.787. The number of ether oxygens (including phenoxy) is 1. The van der Waals surface area contributed by atoms with Gasteiger partial charge in [0.25, 0.3) is 17.7 Å². The summed E-state index contributed by atoms with van der Waals surface area (Å²) in [4.78, 5) is 37.3. The van der Waals surface area contributed by atoms with Crippen LogP contribution in [0.5, 0.6) is 5.75 Å². The zero-order chi connectivity index (χ0) is 26.0. The topological polar surface area (TPSA) is 96.5 Å². The molecule has 7 heteroatoms. The lowest BCUT2D eigenvalue weighted by Crippen LogP contribution is -2.41. The number of hydrogen-bond acceptors (Lipinski definition) is 4. The Kier molecular flexibility index (Phi) is 8.29. The molecule has 0 fully saturated rings. The van der Waals surface area contributed by atoms with Crippen LogP contribution in [0, 0.1) is 6.92 Å². The molecule has 4 aromatic carbocycles. The Hall–Kier alpha value is -4.91. The maximum atomic E-state index is 12.5. The SMILES string of the molecule is Cc1ccccc1C(=O)Nc1ccc(C(=O)NNC(=O)c2ccc(OCCc3ccccc3)cc2)cc1. The van der Waals surface area contributed by atoms with E-state index in [1.54, 1.807) is 60.7 Å². The van der Waals surface area contributed by atoms with Crippen LogP contribution in [0.3, 0.4) is 0 Å². The maximum absolute atomic E-state index is 12.5. The number of rotatable bonds is 8. The largest absolute Gasteiger partial charge is 0.493 e. The van der Waals surface area contributed by atoms with Gasteiger partial charge >= 0.3 is 0 Å². The van der Waals surface area contributed by atoms with Gasteiger partial charge in [0.05, 0.1) is 6.61 Å². The fourth-order valence-electron chi connectivity index (χ4n) is 3.62. The van der Waals surface area contributed by atoms with Gasteiger partial charge in [-0.3, -0.25) is 25.2 Å². The van der Waals surface area contributed by atoms with Crippen molar-refractivity contribution in [2.75, 3.05) is 11.9 Å². The molecule has 0 aliphatic carbocycles. The Bertz CT molecular complexity index is 1370. The summed E-state index contributed by atoms with van der Waals surface area (Å²) in [5.74, 6) is -0.501. The molecule has 0 aliphatic rings. The van der Waals surface area contributed by atoms with Crippen LogP contribution in [0.25, 0.3) is 0 Å². The highest BCUT2D eigenvalue weighted by atomic mass is 16.5. The van der Waals surface area contributed by atoms with E-state index in [2.05, 4.69) is 16.2 Å². The van der Waals surface area contributed by atoms with Gasteiger partial charge in [0.2, 0.25) is 0 Å². The molecule has 0 bridgehead atoms. The minimum Gasteiger partial charge on any atom is -0.493 e. The first kappa shape index (κ1) is 25.2. The van der Waals surface area contributed by atoms with Gasteiger partial charge < -0.3 is 10.1 Å². The summed E-state index contributed by atoms with van der Waals surface area (Å²) in [5, 5.41) is 2.81. The van der Waals surface area contributed by atoms with Gasteiger partial charge in [-0.1, -0.05) is 48.5 Å². The molecule has 0 radical (unpaired) electrons.